The quantitative estimate of drug-likeness (QED) is 0.679. The highest BCUT2D eigenvalue weighted by Crippen LogP contribution is 2.29. The van der Waals surface area contributed by atoms with Gasteiger partial charge < -0.3 is 15.2 Å². The molecule has 0 saturated heterocycles. The van der Waals surface area contributed by atoms with E-state index in [0.717, 1.165) is 31.7 Å². The van der Waals surface area contributed by atoms with Gasteiger partial charge in [-0.25, -0.2) is 9.18 Å². The van der Waals surface area contributed by atoms with Crippen LogP contribution >= 0.6 is 0 Å². The van der Waals surface area contributed by atoms with Crippen molar-refractivity contribution in [2.45, 2.75) is 45.1 Å². The number of carbonyl (C=O) groups is 1. The molecule has 2 rings (SSSR count). The van der Waals surface area contributed by atoms with Crippen LogP contribution in [-0.4, -0.2) is 18.7 Å². The molecule has 0 aliphatic heterocycles. The number of nitrogens with two attached hydrogens (primary N) is 1. The van der Waals surface area contributed by atoms with Gasteiger partial charge in [-0.15, -0.1) is 0 Å². The van der Waals surface area contributed by atoms with Crippen LogP contribution in [0.25, 0.3) is 0 Å². The first-order valence-electron chi connectivity index (χ1n) is 7.04. The molecule has 1 aromatic rings. The Hall–Kier alpha value is -1.78. The smallest absolute Gasteiger partial charge is 0.340 e. The number of rotatable bonds is 4. The molecule has 0 spiro atoms. The summed E-state index contributed by atoms with van der Waals surface area (Å²) in [6.07, 6.45) is 5.21. The number of benzene rings is 1. The molecule has 0 heterocycles. The largest absolute Gasteiger partial charge is 0.487 e. The molecule has 4 nitrogen and oxygen atoms in total. The molecular weight excluding hydrogens is 261 g/mol. The first kappa shape index (κ1) is 14.6. The average molecular weight is 281 g/mol. The van der Waals surface area contributed by atoms with Gasteiger partial charge in [-0.1, -0.05) is 6.42 Å². The number of esters is 1. The van der Waals surface area contributed by atoms with Crippen molar-refractivity contribution < 1.29 is 18.7 Å². The van der Waals surface area contributed by atoms with Gasteiger partial charge in [0, 0.05) is 11.8 Å². The van der Waals surface area contributed by atoms with Gasteiger partial charge in [-0.3, -0.25) is 0 Å². The van der Waals surface area contributed by atoms with Crippen LogP contribution in [0.1, 0.15) is 49.4 Å². The second-order valence-electron chi connectivity index (χ2n) is 4.97. The summed E-state index contributed by atoms with van der Waals surface area (Å²) >= 11 is 0. The molecule has 1 aromatic carbocycles. The summed E-state index contributed by atoms with van der Waals surface area (Å²) in [5.41, 5.74) is 5.88. The summed E-state index contributed by atoms with van der Waals surface area (Å²) < 4.78 is 24.4. The van der Waals surface area contributed by atoms with Crippen molar-refractivity contribution in [3.05, 3.63) is 23.5 Å². The average Bonchev–Trinajstić information content (AvgIpc) is 2.43. The minimum atomic E-state index is -0.557. The van der Waals surface area contributed by atoms with Gasteiger partial charge in [0.25, 0.3) is 0 Å². The van der Waals surface area contributed by atoms with E-state index >= 15 is 0 Å². The number of hydrogen-bond donors (Lipinski definition) is 1. The normalized spacial score (nSPS) is 15.9. The molecule has 0 atom stereocenters. The van der Waals surface area contributed by atoms with Gasteiger partial charge >= 0.3 is 5.97 Å². The predicted octanol–water partition coefficient (Wildman–Crippen LogP) is 3.30. The molecule has 0 aromatic heterocycles. The molecule has 0 bridgehead atoms. The fourth-order valence-electron chi connectivity index (χ4n) is 2.41. The van der Waals surface area contributed by atoms with E-state index in [9.17, 15) is 9.18 Å². The Morgan fingerprint density at radius 3 is 2.70 bits per heavy atom. The number of ether oxygens (including phenoxy) is 2. The van der Waals surface area contributed by atoms with Crippen LogP contribution in [0.2, 0.25) is 0 Å². The molecule has 0 amide bonds. The van der Waals surface area contributed by atoms with E-state index < -0.39 is 11.8 Å². The molecule has 2 N–H and O–H groups in total. The molecular formula is C15H20FNO3. The molecule has 0 radical (unpaired) electrons. The third-order valence-electron chi connectivity index (χ3n) is 3.45. The Bertz CT molecular complexity index is 484. The summed E-state index contributed by atoms with van der Waals surface area (Å²) in [6, 6.07) is 2.46. The standard InChI is InChI=1S/C15H20FNO3/c1-2-19-15(18)11-8-14(12(16)9-13(11)17)20-10-6-4-3-5-7-10/h8-10H,2-7,17H2,1H3. The van der Waals surface area contributed by atoms with E-state index in [4.69, 9.17) is 15.2 Å². The van der Waals surface area contributed by atoms with Crippen LogP contribution < -0.4 is 10.5 Å². The molecule has 1 aliphatic rings. The van der Waals surface area contributed by atoms with Crippen LogP contribution in [-0.2, 0) is 4.74 Å². The Balaban J connectivity index is 2.19. The van der Waals surface area contributed by atoms with Crippen molar-refractivity contribution in [3.63, 3.8) is 0 Å². The van der Waals surface area contributed by atoms with Crippen LogP contribution in [0.5, 0.6) is 5.75 Å². The Morgan fingerprint density at radius 1 is 1.35 bits per heavy atom. The molecule has 1 fully saturated rings. The van der Waals surface area contributed by atoms with Gasteiger partial charge in [0.2, 0.25) is 0 Å². The third-order valence-corrected chi connectivity index (χ3v) is 3.45. The summed E-state index contributed by atoms with van der Waals surface area (Å²) in [5, 5.41) is 0. The van der Waals surface area contributed by atoms with Crippen LogP contribution in [0, 0.1) is 5.82 Å². The molecule has 1 aliphatic carbocycles. The number of carbonyl (C=O) groups excluding carboxylic acids is 1. The van der Waals surface area contributed by atoms with Crippen molar-refractivity contribution in [2.75, 3.05) is 12.3 Å². The zero-order chi connectivity index (χ0) is 14.5. The predicted molar refractivity (Wildman–Crippen MR) is 74.3 cm³/mol. The first-order valence-corrected chi connectivity index (χ1v) is 7.04. The monoisotopic (exact) mass is 281 g/mol. The van der Waals surface area contributed by atoms with Crippen molar-refractivity contribution in [3.8, 4) is 5.75 Å². The lowest BCUT2D eigenvalue weighted by atomic mass is 9.98. The van der Waals surface area contributed by atoms with Crippen molar-refractivity contribution >= 4 is 11.7 Å². The highest BCUT2D eigenvalue weighted by atomic mass is 19.1. The SMILES string of the molecule is CCOC(=O)c1cc(OC2CCCCC2)c(F)cc1N. The lowest BCUT2D eigenvalue weighted by Gasteiger charge is -2.23. The Labute approximate surface area is 118 Å². The maximum atomic E-state index is 13.9. The number of anilines is 1. The first-order chi connectivity index (χ1) is 9.61. The van der Waals surface area contributed by atoms with Crippen molar-refractivity contribution in [1.29, 1.82) is 0 Å². The van der Waals surface area contributed by atoms with Gasteiger partial charge in [0.05, 0.1) is 18.3 Å². The summed E-state index contributed by atoms with van der Waals surface area (Å²) in [7, 11) is 0. The van der Waals surface area contributed by atoms with Crippen LogP contribution in [0.3, 0.4) is 0 Å². The Kier molecular flexibility index (Phi) is 4.82. The minimum absolute atomic E-state index is 0.0110. The van der Waals surface area contributed by atoms with E-state index in [1.807, 2.05) is 0 Å². The zero-order valence-electron chi connectivity index (χ0n) is 11.7. The fourth-order valence-corrected chi connectivity index (χ4v) is 2.41. The third kappa shape index (κ3) is 3.40. The topological polar surface area (TPSA) is 61.5 Å². The van der Waals surface area contributed by atoms with E-state index in [1.54, 1.807) is 6.92 Å². The van der Waals surface area contributed by atoms with Gasteiger partial charge in [-0.05, 0) is 38.7 Å². The van der Waals surface area contributed by atoms with Gasteiger partial charge in [0.15, 0.2) is 11.6 Å². The van der Waals surface area contributed by atoms with Gasteiger partial charge in [0.1, 0.15) is 0 Å². The maximum absolute atomic E-state index is 13.9. The highest BCUT2D eigenvalue weighted by molar-refractivity contribution is 5.95. The van der Waals surface area contributed by atoms with Crippen molar-refractivity contribution in [1.82, 2.24) is 0 Å². The summed E-state index contributed by atoms with van der Waals surface area (Å²) in [6.45, 7) is 1.95. The molecule has 5 heteroatoms. The minimum Gasteiger partial charge on any atom is -0.487 e. The van der Waals surface area contributed by atoms with E-state index in [1.165, 1.54) is 12.5 Å². The molecule has 110 valence electrons. The second-order valence-corrected chi connectivity index (χ2v) is 4.97. The molecule has 1 saturated carbocycles. The molecule has 0 unspecified atom stereocenters. The highest BCUT2D eigenvalue weighted by Gasteiger charge is 2.20. The van der Waals surface area contributed by atoms with E-state index in [-0.39, 0.29) is 29.7 Å². The van der Waals surface area contributed by atoms with Gasteiger partial charge in [-0.2, -0.15) is 0 Å². The fraction of sp³-hybridized carbons (Fsp3) is 0.533. The second kappa shape index (κ2) is 6.59. The number of halogens is 1. The maximum Gasteiger partial charge on any atom is 0.340 e. The van der Waals surface area contributed by atoms with E-state index in [0.29, 0.717) is 0 Å². The molecule has 20 heavy (non-hydrogen) atoms. The Morgan fingerprint density at radius 2 is 2.05 bits per heavy atom. The number of nitrogen functional groups attached to an aromatic ring is 1. The van der Waals surface area contributed by atoms with Crippen molar-refractivity contribution in [2.24, 2.45) is 0 Å². The number of hydrogen-bond acceptors (Lipinski definition) is 4. The zero-order valence-corrected chi connectivity index (χ0v) is 11.7. The van der Waals surface area contributed by atoms with Crippen LogP contribution in [0.15, 0.2) is 12.1 Å². The lowest BCUT2D eigenvalue weighted by Crippen LogP contribution is -2.20. The summed E-state index contributed by atoms with van der Waals surface area (Å²) in [4.78, 5) is 11.7. The van der Waals surface area contributed by atoms with E-state index in [2.05, 4.69) is 0 Å². The summed E-state index contributed by atoms with van der Waals surface area (Å²) in [5.74, 6) is -1.02. The lowest BCUT2D eigenvalue weighted by molar-refractivity contribution is 0.0526. The van der Waals surface area contributed by atoms with Crippen LogP contribution in [0.4, 0.5) is 10.1 Å².